The molecule has 1 nitrogen and oxygen atoms in total. The van der Waals surface area contributed by atoms with Gasteiger partial charge in [-0.2, -0.15) is 0 Å². The lowest BCUT2D eigenvalue weighted by atomic mass is 9.13. The fraction of sp³-hybridized carbons (Fsp3) is 0.194. The van der Waals surface area contributed by atoms with Crippen LogP contribution < -0.4 is 16.4 Å². The molecular formula is C31H18BF15N-. The highest BCUT2D eigenvalue weighted by Crippen LogP contribution is 2.33. The van der Waals surface area contributed by atoms with Gasteiger partial charge in [-0.25, -0.2) is 65.9 Å². The van der Waals surface area contributed by atoms with Gasteiger partial charge in [-0.1, -0.05) is 51.1 Å². The second kappa shape index (κ2) is 12.9. The molecule has 0 radical (unpaired) electrons. The number of halogens is 15. The van der Waals surface area contributed by atoms with Gasteiger partial charge in [0, 0.05) is 0 Å². The van der Waals surface area contributed by atoms with Crippen molar-refractivity contribution in [1.82, 2.24) is 0 Å². The maximum absolute atomic E-state index is 15.8. The highest BCUT2D eigenvalue weighted by molar-refractivity contribution is 7.13. The molecule has 0 amide bonds. The first kappa shape index (κ1) is 36.4. The van der Waals surface area contributed by atoms with E-state index in [0.29, 0.717) is 5.56 Å². The highest BCUT2D eigenvalue weighted by Gasteiger charge is 2.49. The lowest BCUT2D eigenvalue weighted by molar-refractivity contribution is 0.379. The van der Waals surface area contributed by atoms with E-state index in [4.69, 9.17) is 0 Å². The number of hydrogen-bond acceptors (Lipinski definition) is 1. The zero-order valence-corrected chi connectivity index (χ0v) is 24.5. The van der Waals surface area contributed by atoms with Crippen molar-refractivity contribution in [2.45, 2.75) is 33.6 Å². The lowest BCUT2D eigenvalue weighted by Crippen LogP contribution is -2.74. The van der Waals surface area contributed by atoms with Crippen LogP contribution in [0.15, 0.2) is 35.3 Å². The van der Waals surface area contributed by atoms with E-state index in [1.54, 1.807) is 6.07 Å². The van der Waals surface area contributed by atoms with Crippen LogP contribution in [-0.4, -0.2) is 11.9 Å². The van der Waals surface area contributed by atoms with Crippen LogP contribution in [0.2, 0.25) is 6.32 Å². The van der Waals surface area contributed by atoms with Crippen molar-refractivity contribution in [2.24, 2.45) is 10.4 Å². The Labute approximate surface area is 261 Å². The van der Waals surface area contributed by atoms with Crippen LogP contribution in [0, 0.1) is 92.7 Å². The molecule has 0 fully saturated rings. The van der Waals surface area contributed by atoms with Gasteiger partial charge in [-0.05, 0) is 16.7 Å². The Morgan fingerprint density at radius 1 is 0.458 bits per heavy atom. The van der Waals surface area contributed by atoms with E-state index in [2.05, 4.69) is 4.99 Å². The average molecular weight is 700 g/mol. The van der Waals surface area contributed by atoms with Gasteiger partial charge in [0.05, 0.1) is 6.54 Å². The van der Waals surface area contributed by atoms with Crippen molar-refractivity contribution in [3.8, 4) is 0 Å². The van der Waals surface area contributed by atoms with Gasteiger partial charge >= 0.3 is 0 Å². The van der Waals surface area contributed by atoms with Crippen LogP contribution in [0.25, 0.3) is 0 Å². The maximum atomic E-state index is 15.8. The predicted octanol–water partition coefficient (Wildman–Crippen LogP) is 7.93. The first-order valence-electron chi connectivity index (χ1n) is 13.5. The van der Waals surface area contributed by atoms with Crippen LogP contribution in [0.5, 0.6) is 0 Å². The third-order valence-corrected chi connectivity index (χ3v) is 7.87. The fourth-order valence-electron chi connectivity index (χ4n) is 5.57. The Hall–Kier alpha value is -4.44. The van der Waals surface area contributed by atoms with E-state index < -0.39 is 134 Å². The SMILES string of the molecule is CC(C)(C)C(C[B-](c1c(F)c(F)c(F)c(F)c1F)(c1c(F)c(F)c(F)c(F)c1F)c1c(F)c(F)c(F)c(F)c1F)=NCc1ccccc1. The molecule has 17 heteroatoms. The number of rotatable bonds is 7. The standard InChI is InChI=1S/C31H18BF15N/c1-31(2,3)12(48-10-11-7-5-4-6-8-11)9-32(13-16(33)22(39)28(45)23(40)17(13)34,14-18(35)24(41)29(46)25(42)19(14)36)15-20(37)26(43)30(47)27(44)21(15)38/h4-8H,9-10H2,1-3H3/q-1. The van der Waals surface area contributed by atoms with Crippen molar-refractivity contribution < 1.29 is 65.9 Å². The van der Waals surface area contributed by atoms with E-state index in [-0.39, 0.29) is 0 Å². The van der Waals surface area contributed by atoms with Gasteiger partial charge in [-0.3, -0.25) is 4.99 Å². The smallest absolute Gasteiger partial charge is 0.200 e. The maximum Gasteiger partial charge on any atom is 0.200 e. The first-order chi connectivity index (χ1) is 22.2. The minimum absolute atomic E-state index is 0.307. The first-order valence-corrected chi connectivity index (χ1v) is 13.5. The minimum atomic E-state index is -5.75. The van der Waals surface area contributed by atoms with Crippen molar-refractivity contribution in [1.29, 1.82) is 0 Å². The molecule has 48 heavy (non-hydrogen) atoms. The molecule has 4 aromatic carbocycles. The molecule has 0 unspecified atom stereocenters. The van der Waals surface area contributed by atoms with Crippen LogP contribution in [-0.2, 0) is 6.54 Å². The summed E-state index contributed by atoms with van der Waals surface area (Å²) in [6.45, 7) is 3.07. The van der Waals surface area contributed by atoms with Crippen LogP contribution >= 0.6 is 0 Å². The van der Waals surface area contributed by atoms with E-state index in [0.717, 1.165) is 0 Å². The van der Waals surface area contributed by atoms with Crippen molar-refractivity contribution in [3.05, 3.63) is 123 Å². The molecule has 0 aliphatic carbocycles. The molecule has 0 atom stereocenters. The van der Waals surface area contributed by atoms with Crippen molar-refractivity contribution in [2.75, 3.05) is 0 Å². The molecule has 256 valence electrons. The highest BCUT2D eigenvalue weighted by atomic mass is 19.2. The van der Waals surface area contributed by atoms with Gasteiger partial charge in [0.15, 0.2) is 52.4 Å². The molecule has 0 saturated carbocycles. The second-order valence-electron chi connectivity index (χ2n) is 11.7. The van der Waals surface area contributed by atoms with Crippen LogP contribution in [0.4, 0.5) is 65.9 Å². The quantitative estimate of drug-likeness (QED) is 0.0611. The summed E-state index contributed by atoms with van der Waals surface area (Å²) in [4.78, 5) is 4.10. The van der Waals surface area contributed by atoms with Crippen LogP contribution in [0.3, 0.4) is 0 Å². The summed E-state index contributed by atoms with van der Waals surface area (Å²) in [6.07, 6.45) is -7.67. The summed E-state index contributed by atoms with van der Waals surface area (Å²) in [5.41, 5.74) is -10.0. The summed E-state index contributed by atoms with van der Waals surface area (Å²) in [5, 5.41) is 0. The summed E-state index contributed by atoms with van der Waals surface area (Å²) in [5.74, 6) is -45.5. The van der Waals surface area contributed by atoms with E-state index in [9.17, 15) is 39.5 Å². The summed E-state index contributed by atoms with van der Waals surface area (Å²) >= 11 is 0. The van der Waals surface area contributed by atoms with Crippen LogP contribution in [0.1, 0.15) is 26.3 Å². The molecule has 0 heterocycles. The number of aliphatic imine (C=N–C) groups is 1. The lowest BCUT2D eigenvalue weighted by Gasteiger charge is -2.45. The number of nitrogens with zero attached hydrogens (tertiary/aromatic N) is 1. The molecule has 0 aliphatic heterocycles. The molecule has 0 spiro atoms. The number of hydrogen-bond donors (Lipinski definition) is 0. The zero-order chi connectivity index (χ0) is 36.2. The Bertz CT molecular complexity index is 1720. The van der Waals surface area contributed by atoms with Gasteiger partial charge in [0.25, 0.3) is 0 Å². The fourth-order valence-corrected chi connectivity index (χ4v) is 5.57. The van der Waals surface area contributed by atoms with Gasteiger partial charge in [-0.15, -0.1) is 22.7 Å². The summed E-state index contributed by atoms with van der Waals surface area (Å²) in [6, 6.07) is 7.37. The zero-order valence-electron chi connectivity index (χ0n) is 24.5. The second-order valence-corrected chi connectivity index (χ2v) is 11.7. The Kier molecular flexibility index (Phi) is 9.77. The third kappa shape index (κ3) is 5.70. The van der Waals surface area contributed by atoms with E-state index in [1.807, 2.05) is 0 Å². The predicted molar refractivity (Wildman–Crippen MR) is 145 cm³/mol. The molecule has 0 bridgehead atoms. The summed E-state index contributed by atoms with van der Waals surface area (Å²) < 4.78 is 226. The molecular weight excluding hydrogens is 682 g/mol. The molecule has 0 aromatic heterocycles. The Morgan fingerprint density at radius 2 is 0.729 bits per heavy atom. The summed E-state index contributed by atoms with van der Waals surface area (Å²) in [7, 11) is 0. The van der Waals surface area contributed by atoms with Gasteiger partial charge in [0.1, 0.15) is 41.0 Å². The van der Waals surface area contributed by atoms with Crippen molar-refractivity contribution >= 4 is 28.2 Å². The number of benzene rings is 4. The Morgan fingerprint density at radius 3 is 1.00 bits per heavy atom. The average Bonchev–Trinajstić information content (AvgIpc) is 3.04. The third-order valence-electron chi connectivity index (χ3n) is 7.87. The molecule has 0 aliphatic rings. The molecule has 4 rings (SSSR count). The topological polar surface area (TPSA) is 12.4 Å². The largest absolute Gasteiger partial charge is 0.292 e. The van der Waals surface area contributed by atoms with E-state index in [1.165, 1.54) is 45.0 Å². The molecule has 0 N–H and O–H groups in total. The normalized spacial score (nSPS) is 12.7. The molecule has 4 aromatic rings. The van der Waals surface area contributed by atoms with Gasteiger partial charge < -0.3 is 0 Å². The molecule has 0 saturated heterocycles. The minimum Gasteiger partial charge on any atom is -0.292 e. The van der Waals surface area contributed by atoms with E-state index >= 15 is 26.3 Å². The monoisotopic (exact) mass is 700 g/mol. The van der Waals surface area contributed by atoms with Crippen molar-refractivity contribution in [3.63, 3.8) is 0 Å². The Balaban J connectivity index is 2.42. The van der Waals surface area contributed by atoms with Gasteiger partial charge in [0.2, 0.25) is 0 Å².